The Morgan fingerprint density at radius 1 is 1.28 bits per heavy atom. The molecule has 2 fully saturated rings. The average molecular weight is 251 g/mol. The number of nitrogens with one attached hydrogen (secondary N) is 1. The zero-order valence-electron chi connectivity index (χ0n) is 12.7. The summed E-state index contributed by atoms with van der Waals surface area (Å²) >= 11 is 0. The van der Waals surface area contributed by atoms with Crippen LogP contribution < -0.4 is 5.32 Å². The second-order valence-corrected chi connectivity index (χ2v) is 7.16. The van der Waals surface area contributed by atoms with Gasteiger partial charge in [0.2, 0.25) is 0 Å². The molecule has 2 nitrogen and oxygen atoms in total. The molecule has 0 saturated carbocycles. The summed E-state index contributed by atoms with van der Waals surface area (Å²) in [7, 11) is 0. The summed E-state index contributed by atoms with van der Waals surface area (Å²) in [5.41, 5.74) is 2.99. The second-order valence-electron chi connectivity index (χ2n) is 7.16. The molecule has 104 valence electrons. The van der Waals surface area contributed by atoms with E-state index in [0.29, 0.717) is 6.04 Å². The zero-order valence-corrected chi connectivity index (χ0v) is 12.7. The molecule has 2 rings (SSSR count). The van der Waals surface area contributed by atoms with Crippen LogP contribution in [0.25, 0.3) is 0 Å². The van der Waals surface area contributed by atoms with Crippen LogP contribution in [0.2, 0.25) is 0 Å². The van der Waals surface area contributed by atoms with E-state index in [4.69, 9.17) is 4.74 Å². The molecule has 1 atom stereocenters. The molecule has 0 bridgehead atoms. The van der Waals surface area contributed by atoms with Crippen molar-refractivity contribution in [2.24, 2.45) is 0 Å². The van der Waals surface area contributed by atoms with Crippen molar-refractivity contribution < 1.29 is 4.74 Å². The number of hydrogen-bond acceptors (Lipinski definition) is 2. The largest absolute Gasteiger partial charge is 0.365 e. The van der Waals surface area contributed by atoms with Crippen molar-refractivity contribution >= 4 is 0 Å². The summed E-state index contributed by atoms with van der Waals surface area (Å²) in [5, 5.41) is 3.65. The highest BCUT2D eigenvalue weighted by Crippen LogP contribution is 2.43. The fraction of sp³-hybridized carbons (Fsp3) is 0.875. The van der Waals surface area contributed by atoms with E-state index in [0.717, 1.165) is 6.42 Å². The Labute approximate surface area is 112 Å². The number of piperidine rings is 1. The van der Waals surface area contributed by atoms with Crippen LogP contribution >= 0.6 is 0 Å². The predicted molar refractivity (Wildman–Crippen MR) is 76.8 cm³/mol. The third-order valence-corrected chi connectivity index (χ3v) is 4.34. The van der Waals surface area contributed by atoms with Gasteiger partial charge in [-0.3, -0.25) is 0 Å². The van der Waals surface area contributed by atoms with Gasteiger partial charge in [0.15, 0.2) is 0 Å². The Morgan fingerprint density at radius 2 is 2.00 bits per heavy atom. The van der Waals surface area contributed by atoms with Gasteiger partial charge in [0.05, 0.1) is 11.2 Å². The van der Waals surface area contributed by atoms with E-state index in [2.05, 4.69) is 39.9 Å². The number of ether oxygens (including phenoxy) is 1. The Morgan fingerprint density at radius 3 is 2.50 bits per heavy atom. The van der Waals surface area contributed by atoms with Gasteiger partial charge in [0.25, 0.3) is 0 Å². The van der Waals surface area contributed by atoms with Gasteiger partial charge in [-0.15, -0.1) is 0 Å². The van der Waals surface area contributed by atoms with E-state index in [1.807, 2.05) is 0 Å². The van der Waals surface area contributed by atoms with Gasteiger partial charge >= 0.3 is 0 Å². The summed E-state index contributed by atoms with van der Waals surface area (Å²) in [6, 6.07) is 0.686. The molecule has 0 radical (unpaired) electrons. The van der Waals surface area contributed by atoms with Crippen LogP contribution in [-0.2, 0) is 4.74 Å². The first-order valence-electron chi connectivity index (χ1n) is 7.43. The molecule has 1 N–H and O–H groups in total. The molecule has 0 aromatic rings. The molecule has 0 aromatic heterocycles. The fourth-order valence-corrected chi connectivity index (χ4v) is 3.68. The minimum absolute atomic E-state index is 0.0000861. The van der Waals surface area contributed by atoms with Crippen LogP contribution in [0.1, 0.15) is 66.7 Å². The fourth-order valence-electron chi connectivity index (χ4n) is 3.68. The van der Waals surface area contributed by atoms with Gasteiger partial charge in [-0.25, -0.2) is 0 Å². The smallest absolute Gasteiger partial charge is 0.0846 e. The summed E-state index contributed by atoms with van der Waals surface area (Å²) in [4.78, 5) is 0. The minimum Gasteiger partial charge on any atom is -0.365 e. The third-order valence-electron chi connectivity index (χ3n) is 4.34. The molecule has 0 spiro atoms. The first-order valence-corrected chi connectivity index (χ1v) is 7.43. The highest BCUT2D eigenvalue weighted by molar-refractivity contribution is 5.28. The normalized spacial score (nSPS) is 33.5. The van der Waals surface area contributed by atoms with Crippen molar-refractivity contribution in [3.63, 3.8) is 0 Å². The summed E-state index contributed by atoms with van der Waals surface area (Å²) in [6.07, 6.45) is 6.32. The topological polar surface area (TPSA) is 21.3 Å². The summed E-state index contributed by atoms with van der Waals surface area (Å²) in [5.74, 6) is 0. The Hall–Kier alpha value is -0.340. The molecule has 0 aliphatic carbocycles. The van der Waals surface area contributed by atoms with Crippen LogP contribution in [0.15, 0.2) is 11.1 Å². The Kier molecular flexibility index (Phi) is 3.89. The molecule has 2 aliphatic rings. The molecule has 18 heavy (non-hydrogen) atoms. The zero-order chi connectivity index (χ0) is 13.4. The Bertz CT molecular complexity index is 335. The Balaban J connectivity index is 2.09. The third kappa shape index (κ3) is 3.16. The van der Waals surface area contributed by atoms with E-state index in [-0.39, 0.29) is 11.2 Å². The highest BCUT2D eigenvalue weighted by Gasteiger charge is 2.42. The van der Waals surface area contributed by atoms with Crippen LogP contribution in [0, 0.1) is 0 Å². The quantitative estimate of drug-likeness (QED) is 0.753. The van der Waals surface area contributed by atoms with E-state index in [1.54, 1.807) is 5.57 Å². The van der Waals surface area contributed by atoms with Crippen molar-refractivity contribution in [3.8, 4) is 0 Å². The molecule has 2 heterocycles. The standard InChI is InChI=1S/C16H29NO/c1-12(10-13-8-6-7-9-17-13)14-11-15(2,3)18-16(14,4)5/h13,17H,6-11H2,1-5H3. The lowest BCUT2D eigenvalue weighted by Gasteiger charge is -2.27. The van der Waals surface area contributed by atoms with Crippen molar-refractivity contribution in [1.82, 2.24) is 5.32 Å². The monoisotopic (exact) mass is 251 g/mol. The molecular weight excluding hydrogens is 222 g/mol. The summed E-state index contributed by atoms with van der Waals surface area (Å²) < 4.78 is 6.18. The summed E-state index contributed by atoms with van der Waals surface area (Å²) in [6.45, 7) is 12.3. The lowest BCUT2D eigenvalue weighted by atomic mass is 9.86. The molecule has 2 heteroatoms. The number of rotatable bonds is 2. The molecule has 1 unspecified atom stereocenters. The highest BCUT2D eigenvalue weighted by atomic mass is 16.5. The lowest BCUT2D eigenvalue weighted by molar-refractivity contribution is -0.0569. The van der Waals surface area contributed by atoms with Gasteiger partial charge in [0.1, 0.15) is 0 Å². The SMILES string of the molecule is CC(CC1CCCCN1)=C1CC(C)(C)OC1(C)C. The molecule has 2 aliphatic heterocycles. The maximum atomic E-state index is 6.18. The first kappa shape index (κ1) is 14.1. The predicted octanol–water partition coefficient (Wildman–Crippen LogP) is 3.81. The van der Waals surface area contributed by atoms with Crippen molar-refractivity contribution in [1.29, 1.82) is 0 Å². The lowest BCUT2D eigenvalue weighted by Crippen LogP contribution is -2.34. The molecule has 2 saturated heterocycles. The van der Waals surface area contributed by atoms with Gasteiger partial charge in [-0.1, -0.05) is 12.0 Å². The van der Waals surface area contributed by atoms with E-state index < -0.39 is 0 Å². The van der Waals surface area contributed by atoms with Crippen LogP contribution in [-0.4, -0.2) is 23.8 Å². The molecule has 0 aromatic carbocycles. The van der Waals surface area contributed by atoms with E-state index >= 15 is 0 Å². The average Bonchev–Trinajstić information content (AvgIpc) is 2.48. The van der Waals surface area contributed by atoms with E-state index in [1.165, 1.54) is 37.8 Å². The van der Waals surface area contributed by atoms with Gasteiger partial charge < -0.3 is 10.1 Å². The minimum atomic E-state index is -0.0811. The maximum absolute atomic E-state index is 6.18. The van der Waals surface area contributed by atoms with E-state index in [9.17, 15) is 0 Å². The first-order chi connectivity index (χ1) is 8.30. The molecular formula is C16H29NO. The van der Waals surface area contributed by atoms with Crippen LogP contribution in [0.3, 0.4) is 0 Å². The van der Waals surface area contributed by atoms with Crippen molar-refractivity contribution in [2.45, 2.75) is 84.0 Å². The van der Waals surface area contributed by atoms with Crippen LogP contribution in [0.4, 0.5) is 0 Å². The van der Waals surface area contributed by atoms with Crippen molar-refractivity contribution in [3.05, 3.63) is 11.1 Å². The number of hydrogen-bond donors (Lipinski definition) is 1. The second kappa shape index (κ2) is 4.97. The van der Waals surface area contributed by atoms with Crippen LogP contribution in [0.5, 0.6) is 0 Å². The van der Waals surface area contributed by atoms with Gasteiger partial charge in [-0.05, 0) is 72.4 Å². The maximum Gasteiger partial charge on any atom is 0.0846 e. The molecule has 0 amide bonds. The van der Waals surface area contributed by atoms with Gasteiger partial charge in [0, 0.05) is 6.04 Å². The van der Waals surface area contributed by atoms with Gasteiger partial charge in [-0.2, -0.15) is 0 Å². The van der Waals surface area contributed by atoms with Crippen molar-refractivity contribution in [2.75, 3.05) is 6.54 Å².